The molecule has 0 aliphatic carbocycles. The first kappa shape index (κ1) is 17.7. The molecule has 3 rings (SSSR count). The van der Waals surface area contributed by atoms with Crippen LogP contribution in [0.2, 0.25) is 0 Å². The number of likely N-dealkylation sites (tertiary alicyclic amines) is 1. The second-order valence-corrected chi connectivity index (χ2v) is 6.93. The molecule has 2 heterocycles. The minimum atomic E-state index is -0.340. The van der Waals surface area contributed by atoms with Crippen LogP contribution in [-0.4, -0.2) is 66.4 Å². The Morgan fingerprint density at radius 3 is 2.52 bits per heavy atom. The molecule has 1 aromatic rings. The summed E-state index contributed by atoms with van der Waals surface area (Å²) >= 11 is 0. The van der Waals surface area contributed by atoms with Crippen LogP contribution in [0.5, 0.6) is 0 Å². The zero-order chi connectivity index (χ0) is 17.8. The lowest BCUT2D eigenvalue weighted by Gasteiger charge is -2.25. The fourth-order valence-corrected chi connectivity index (χ4v) is 3.69. The summed E-state index contributed by atoms with van der Waals surface area (Å²) < 4.78 is 0. The third-order valence-electron chi connectivity index (χ3n) is 5.15. The highest BCUT2D eigenvalue weighted by molar-refractivity contribution is 5.78. The van der Waals surface area contributed by atoms with Gasteiger partial charge in [0, 0.05) is 56.6 Å². The Kier molecular flexibility index (Phi) is 5.53. The third-order valence-corrected chi connectivity index (χ3v) is 5.15. The van der Waals surface area contributed by atoms with Crippen LogP contribution in [0.25, 0.3) is 0 Å². The van der Waals surface area contributed by atoms with Gasteiger partial charge in [-0.3, -0.25) is 19.8 Å². The van der Waals surface area contributed by atoms with E-state index in [4.69, 9.17) is 0 Å². The standard InChI is InChI=1S/C18H26N4O3/c1-15-13-16(5-6-17(15)22(24)25)20-10-4-7-19(11-12-20)14-18(23)21-8-2-3-9-21/h5-6,13H,2-4,7-12,14H2,1H3. The summed E-state index contributed by atoms with van der Waals surface area (Å²) in [6.45, 7) is 7.60. The van der Waals surface area contributed by atoms with E-state index in [9.17, 15) is 14.9 Å². The van der Waals surface area contributed by atoms with Crippen molar-refractivity contribution < 1.29 is 9.72 Å². The molecule has 2 saturated heterocycles. The van der Waals surface area contributed by atoms with Gasteiger partial charge in [-0.05, 0) is 38.3 Å². The first-order valence-corrected chi connectivity index (χ1v) is 9.05. The van der Waals surface area contributed by atoms with Gasteiger partial charge in [0.15, 0.2) is 0 Å². The van der Waals surface area contributed by atoms with Crippen molar-refractivity contribution in [3.8, 4) is 0 Å². The summed E-state index contributed by atoms with van der Waals surface area (Å²) in [6.07, 6.45) is 3.24. The molecule has 1 aromatic carbocycles. The molecule has 0 aromatic heterocycles. The molecule has 1 amide bonds. The smallest absolute Gasteiger partial charge is 0.272 e. The van der Waals surface area contributed by atoms with Crippen molar-refractivity contribution in [1.29, 1.82) is 0 Å². The number of amides is 1. The van der Waals surface area contributed by atoms with E-state index < -0.39 is 0 Å². The minimum Gasteiger partial charge on any atom is -0.370 e. The highest BCUT2D eigenvalue weighted by Crippen LogP contribution is 2.25. The lowest BCUT2D eigenvalue weighted by Crippen LogP contribution is -2.40. The van der Waals surface area contributed by atoms with Crippen LogP contribution in [0.3, 0.4) is 0 Å². The molecule has 0 spiro atoms. The van der Waals surface area contributed by atoms with Gasteiger partial charge in [0.25, 0.3) is 5.69 Å². The lowest BCUT2D eigenvalue weighted by molar-refractivity contribution is -0.385. The number of benzene rings is 1. The van der Waals surface area contributed by atoms with Gasteiger partial charge in [0.1, 0.15) is 0 Å². The van der Waals surface area contributed by atoms with E-state index in [1.807, 2.05) is 17.0 Å². The Bertz CT molecular complexity index is 643. The van der Waals surface area contributed by atoms with Crippen molar-refractivity contribution in [2.24, 2.45) is 0 Å². The van der Waals surface area contributed by atoms with Gasteiger partial charge in [0.2, 0.25) is 5.91 Å². The van der Waals surface area contributed by atoms with E-state index in [1.54, 1.807) is 13.0 Å². The van der Waals surface area contributed by atoms with E-state index >= 15 is 0 Å². The summed E-state index contributed by atoms with van der Waals surface area (Å²) in [5.74, 6) is 0.247. The predicted octanol–water partition coefficient (Wildman–Crippen LogP) is 2.04. The SMILES string of the molecule is Cc1cc(N2CCCN(CC(=O)N3CCCC3)CC2)ccc1[N+](=O)[O-]. The Labute approximate surface area is 148 Å². The van der Waals surface area contributed by atoms with Crippen LogP contribution in [0.1, 0.15) is 24.8 Å². The zero-order valence-electron chi connectivity index (χ0n) is 14.8. The molecule has 2 aliphatic rings. The Morgan fingerprint density at radius 1 is 1.08 bits per heavy atom. The number of nitrogens with zero attached hydrogens (tertiary/aromatic N) is 4. The maximum atomic E-state index is 12.3. The fraction of sp³-hybridized carbons (Fsp3) is 0.611. The first-order valence-electron chi connectivity index (χ1n) is 9.05. The Hall–Kier alpha value is -2.15. The number of hydrogen-bond donors (Lipinski definition) is 0. The number of aryl methyl sites for hydroxylation is 1. The van der Waals surface area contributed by atoms with Crippen LogP contribution in [0.15, 0.2) is 18.2 Å². The van der Waals surface area contributed by atoms with Gasteiger partial charge < -0.3 is 9.80 Å². The van der Waals surface area contributed by atoms with Crippen LogP contribution >= 0.6 is 0 Å². The van der Waals surface area contributed by atoms with Crippen LogP contribution in [0.4, 0.5) is 11.4 Å². The average Bonchev–Trinajstić information content (AvgIpc) is 3.02. The normalized spacial score (nSPS) is 19.1. The predicted molar refractivity (Wildman–Crippen MR) is 96.9 cm³/mol. The van der Waals surface area contributed by atoms with Gasteiger partial charge in [-0.25, -0.2) is 0 Å². The molecular weight excluding hydrogens is 320 g/mol. The van der Waals surface area contributed by atoms with Crippen LogP contribution in [0, 0.1) is 17.0 Å². The molecule has 0 atom stereocenters. The van der Waals surface area contributed by atoms with Gasteiger partial charge in [-0.1, -0.05) is 0 Å². The molecule has 2 aliphatic heterocycles. The highest BCUT2D eigenvalue weighted by atomic mass is 16.6. The van der Waals surface area contributed by atoms with Crippen molar-refractivity contribution in [1.82, 2.24) is 9.80 Å². The monoisotopic (exact) mass is 346 g/mol. The topological polar surface area (TPSA) is 69.9 Å². The number of carbonyl (C=O) groups is 1. The average molecular weight is 346 g/mol. The molecule has 0 saturated carbocycles. The molecule has 0 radical (unpaired) electrons. The number of nitro groups is 1. The fourth-order valence-electron chi connectivity index (χ4n) is 3.69. The van der Waals surface area contributed by atoms with Crippen molar-refractivity contribution in [2.45, 2.75) is 26.2 Å². The van der Waals surface area contributed by atoms with Crippen molar-refractivity contribution in [3.05, 3.63) is 33.9 Å². The number of carbonyl (C=O) groups excluding carboxylic acids is 1. The first-order chi connectivity index (χ1) is 12.0. The van der Waals surface area contributed by atoms with Gasteiger partial charge in [-0.15, -0.1) is 0 Å². The number of hydrogen-bond acceptors (Lipinski definition) is 5. The Morgan fingerprint density at radius 2 is 1.84 bits per heavy atom. The maximum absolute atomic E-state index is 12.3. The number of rotatable bonds is 4. The summed E-state index contributed by atoms with van der Waals surface area (Å²) in [6, 6.07) is 5.31. The zero-order valence-corrected chi connectivity index (χ0v) is 14.8. The molecule has 0 N–H and O–H groups in total. The second-order valence-electron chi connectivity index (χ2n) is 6.93. The molecular formula is C18H26N4O3. The van der Waals surface area contributed by atoms with Gasteiger partial charge in [-0.2, -0.15) is 0 Å². The van der Waals surface area contributed by atoms with E-state index in [0.717, 1.165) is 64.2 Å². The van der Waals surface area contributed by atoms with Gasteiger partial charge >= 0.3 is 0 Å². The third kappa shape index (κ3) is 4.28. The van der Waals surface area contributed by atoms with Crippen molar-refractivity contribution in [2.75, 3.05) is 50.7 Å². The van der Waals surface area contributed by atoms with E-state index in [2.05, 4.69) is 9.80 Å². The maximum Gasteiger partial charge on any atom is 0.272 e. The summed E-state index contributed by atoms with van der Waals surface area (Å²) in [7, 11) is 0. The van der Waals surface area contributed by atoms with Crippen molar-refractivity contribution >= 4 is 17.3 Å². The second kappa shape index (κ2) is 7.82. The van der Waals surface area contributed by atoms with Crippen LogP contribution in [-0.2, 0) is 4.79 Å². The highest BCUT2D eigenvalue weighted by Gasteiger charge is 2.23. The minimum absolute atomic E-state index is 0.163. The largest absolute Gasteiger partial charge is 0.370 e. The van der Waals surface area contributed by atoms with E-state index in [1.165, 1.54) is 0 Å². The molecule has 0 unspecified atom stereocenters. The molecule has 7 nitrogen and oxygen atoms in total. The quantitative estimate of drug-likeness (QED) is 0.616. The summed E-state index contributed by atoms with van der Waals surface area (Å²) in [5, 5.41) is 11.0. The Balaban J connectivity index is 1.58. The molecule has 0 bridgehead atoms. The molecule has 7 heteroatoms. The summed E-state index contributed by atoms with van der Waals surface area (Å²) in [4.78, 5) is 29.4. The lowest BCUT2D eigenvalue weighted by atomic mass is 10.1. The van der Waals surface area contributed by atoms with Crippen molar-refractivity contribution in [3.63, 3.8) is 0 Å². The van der Waals surface area contributed by atoms with Gasteiger partial charge in [0.05, 0.1) is 11.5 Å². The number of nitro benzene ring substituents is 1. The summed E-state index contributed by atoms with van der Waals surface area (Å²) in [5.41, 5.74) is 1.88. The number of anilines is 1. The molecule has 2 fully saturated rings. The van der Waals surface area contributed by atoms with Crippen LogP contribution < -0.4 is 4.90 Å². The molecule has 136 valence electrons. The molecule has 25 heavy (non-hydrogen) atoms. The van der Waals surface area contributed by atoms with E-state index in [-0.39, 0.29) is 16.5 Å². The van der Waals surface area contributed by atoms with E-state index in [0.29, 0.717) is 12.1 Å².